The minimum atomic E-state index is -1.88. The number of Topliss-reactive ketones (excluding diaryl/α,β-unsaturated/α-hetero) is 1. The number of ether oxygens (including phenoxy) is 1. The Balaban J connectivity index is 2.58. The number of esters is 1. The van der Waals surface area contributed by atoms with Crippen LogP contribution >= 0.6 is 15.9 Å². The topological polar surface area (TPSA) is 52.6 Å². The molecule has 4 nitrogen and oxygen atoms in total. The molecule has 0 radical (unpaired) electrons. The van der Waals surface area contributed by atoms with E-state index in [9.17, 15) is 9.59 Å². The Morgan fingerprint density at radius 2 is 2.04 bits per heavy atom. The number of allylic oxidation sites excluding steroid dienone is 3. The average Bonchev–Trinajstić information content (AvgIpc) is 2.81. The molecule has 1 rings (SSSR count). The van der Waals surface area contributed by atoms with E-state index >= 15 is 0 Å². The lowest BCUT2D eigenvalue weighted by Gasteiger charge is -2.37. The van der Waals surface area contributed by atoms with Crippen LogP contribution in [0.1, 0.15) is 52.9 Å². The highest BCUT2D eigenvalue weighted by molar-refractivity contribution is 9.11. The molecule has 1 aliphatic carbocycles. The molecule has 0 saturated carbocycles. The van der Waals surface area contributed by atoms with Gasteiger partial charge in [0.2, 0.25) is 0 Å². The summed E-state index contributed by atoms with van der Waals surface area (Å²) in [6.07, 6.45) is 6.90. The second-order valence-corrected chi connectivity index (χ2v) is 13.8. The molecule has 0 heterocycles. The fourth-order valence-corrected chi connectivity index (χ4v) is 4.13. The molecule has 0 aromatic rings. The predicted octanol–water partition coefficient (Wildman–Crippen LogP) is 5.29. The molecule has 0 aromatic carbocycles. The van der Waals surface area contributed by atoms with Crippen LogP contribution < -0.4 is 0 Å². The standard InChI is InChI=1S/C19H31BrO4Si/c1-19(2,3)25(5,6)24-16-12-14(17(21)13-16)11-15(20)9-7-8-10-18(22)23-4/h9,12,16H,7-8,10-11,13H2,1-6H3/b15-9-. The molecule has 0 spiro atoms. The summed E-state index contributed by atoms with van der Waals surface area (Å²) in [6, 6.07) is 0. The number of ketones is 1. The van der Waals surface area contributed by atoms with Gasteiger partial charge in [0.25, 0.3) is 0 Å². The molecule has 0 saturated heterocycles. The van der Waals surface area contributed by atoms with E-state index in [4.69, 9.17) is 4.43 Å². The summed E-state index contributed by atoms with van der Waals surface area (Å²) < 4.78 is 11.9. The quantitative estimate of drug-likeness (QED) is 0.298. The van der Waals surface area contributed by atoms with Crippen LogP contribution in [0.25, 0.3) is 0 Å². The molecule has 0 fully saturated rings. The molecule has 1 unspecified atom stereocenters. The van der Waals surface area contributed by atoms with Crippen LogP contribution in [0.3, 0.4) is 0 Å². The Bertz CT molecular complexity index is 558. The molecule has 6 heteroatoms. The van der Waals surface area contributed by atoms with Gasteiger partial charge in [-0.15, -0.1) is 0 Å². The van der Waals surface area contributed by atoms with E-state index in [2.05, 4.69) is 54.5 Å². The van der Waals surface area contributed by atoms with Crippen molar-refractivity contribution in [1.82, 2.24) is 0 Å². The van der Waals surface area contributed by atoms with Gasteiger partial charge in [-0.3, -0.25) is 9.59 Å². The van der Waals surface area contributed by atoms with E-state index in [1.807, 2.05) is 12.2 Å². The maximum Gasteiger partial charge on any atom is 0.305 e. The van der Waals surface area contributed by atoms with Crippen molar-refractivity contribution in [2.75, 3.05) is 7.11 Å². The largest absolute Gasteiger partial charge is 0.469 e. The van der Waals surface area contributed by atoms with Crippen LogP contribution in [0.2, 0.25) is 18.1 Å². The summed E-state index contributed by atoms with van der Waals surface area (Å²) in [5.41, 5.74) is 0.819. The highest BCUT2D eigenvalue weighted by Crippen LogP contribution is 2.39. The molecular weight excluding hydrogens is 400 g/mol. The highest BCUT2D eigenvalue weighted by Gasteiger charge is 2.40. The second kappa shape index (κ2) is 9.28. The van der Waals surface area contributed by atoms with E-state index in [0.29, 0.717) is 19.3 Å². The van der Waals surface area contributed by atoms with Crippen molar-refractivity contribution in [2.24, 2.45) is 0 Å². The summed E-state index contributed by atoms with van der Waals surface area (Å²) in [5.74, 6) is -0.0209. The number of unbranched alkanes of at least 4 members (excludes halogenated alkanes) is 1. The van der Waals surface area contributed by atoms with Gasteiger partial charge in [-0.1, -0.05) is 42.8 Å². The first-order valence-corrected chi connectivity index (χ1v) is 12.5. The Kier molecular flexibility index (Phi) is 8.29. The summed E-state index contributed by atoms with van der Waals surface area (Å²) in [5, 5.41) is 0.132. The Hall–Kier alpha value is -0.723. The zero-order valence-corrected chi connectivity index (χ0v) is 18.9. The summed E-state index contributed by atoms with van der Waals surface area (Å²) in [7, 11) is -0.479. The van der Waals surface area contributed by atoms with Gasteiger partial charge in [0, 0.05) is 19.3 Å². The third kappa shape index (κ3) is 7.19. The smallest absolute Gasteiger partial charge is 0.305 e. The zero-order valence-electron chi connectivity index (χ0n) is 16.3. The number of rotatable bonds is 8. The molecular formula is C19H31BrO4Si. The molecule has 0 aliphatic heterocycles. The number of methoxy groups -OCH3 is 1. The lowest BCUT2D eigenvalue weighted by atomic mass is 10.1. The first-order chi connectivity index (χ1) is 11.5. The number of hydrogen-bond donors (Lipinski definition) is 0. The summed E-state index contributed by atoms with van der Waals surface area (Å²) >= 11 is 3.53. The summed E-state index contributed by atoms with van der Waals surface area (Å²) in [4.78, 5) is 23.4. The van der Waals surface area contributed by atoms with Crippen molar-refractivity contribution in [3.05, 3.63) is 22.2 Å². The van der Waals surface area contributed by atoms with E-state index in [1.165, 1.54) is 7.11 Å². The van der Waals surface area contributed by atoms with Crippen LogP contribution in [-0.4, -0.2) is 33.3 Å². The normalized spacial score (nSPS) is 19.2. The van der Waals surface area contributed by atoms with Gasteiger partial charge >= 0.3 is 5.97 Å². The van der Waals surface area contributed by atoms with Crippen LogP contribution in [0.15, 0.2) is 22.2 Å². The van der Waals surface area contributed by atoms with E-state index in [1.54, 1.807) is 0 Å². The van der Waals surface area contributed by atoms with Crippen molar-refractivity contribution in [2.45, 2.75) is 77.1 Å². The number of carbonyl (C=O) groups excluding carboxylic acids is 2. The Labute approximate surface area is 161 Å². The van der Waals surface area contributed by atoms with Crippen LogP contribution in [0, 0.1) is 0 Å². The first kappa shape index (κ1) is 22.3. The average molecular weight is 431 g/mol. The third-order valence-electron chi connectivity index (χ3n) is 4.92. The predicted molar refractivity (Wildman–Crippen MR) is 107 cm³/mol. The van der Waals surface area contributed by atoms with Crippen molar-refractivity contribution in [3.8, 4) is 0 Å². The van der Waals surface area contributed by atoms with Gasteiger partial charge in [-0.25, -0.2) is 0 Å². The molecule has 0 bridgehead atoms. The van der Waals surface area contributed by atoms with Gasteiger partial charge in [0.05, 0.1) is 13.2 Å². The van der Waals surface area contributed by atoms with Crippen LogP contribution in [0.5, 0.6) is 0 Å². The van der Waals surface area contributed by atoms with Crippen molar-refractivity contribution in [1.29, 1.82) is 0 Å². The van der Waals surface area contributed by atoms with Crippen LogP contribution in [0.4, 0.5) is 0 Å². The van der Waals surface area contributed by atoms with Crippen molar-refractivity contribution >= 4 is 36.0 Å². The monoisotopic (exact) mass is 430 g/mol. The minimum Gasteiger partial charge on any atom is -0.469 e. The van der Waals surface area contributed by atoms with Gasteiger partial charge in [0.15, 0.2) is 14.1 Å². The molecule has 1 aliphatic rings. The van der Waals surface area contributed by atoms with E-state index < -0.39 is 8.32 Å². The number of halogens is 1. The van der Waals surface area contributed by atoms with Crippen LogP contribution in [-0.2, 0) is 18.8 Å². The zero-order chi connectivity index (χ0) is 19.3. The first-order valence-electron chi connectivity index (χ1n) is 8.79. The summed E-state index contributed by atoms with van der Waals surface area (Å²) in [6.45, 7) is 11.0. The highest BCUT2D eigenvalue weighted by atomic mass is 79.9. The maximum absolute atomic E-state index is 12.3. The SMILES string of the molecule is COC(=O)CCC/C=C(\Br)CC1=CC(O[Si](C)(C)C(C)(C)C)CC1=O. The van der Waals surface area contributed by atoms with Gasteiger partial charge in [-0.05, 0) is 47.1 Å². The molecule has 0 amide bonds. The molecule has 0 N–H and O–H groups in total. The lowest BCUT2D eigenvalue weighted by molar-refractivity contribution is -0.140. The molecule has 0 aromatic heterocycles. The second-order valence-electron chi connectivity index (χ2n) is 8.03. The molecule has 1 atom stereocenters. The van der Waals surface area contributed by atoms with Crippen molar-refractivity contribution in [3.63, 3.8) is 0 Å². The van der Waals surface area contributed by atoms with E-state index in [-0.39, 0.29) is 22.9 Å². The van der Waals surface area contributed by atoms with Gasteiger partial charge < -0.3 is 9.16 Å². The fraction of sp³-hybridized carbons (Fsp3) is 0.684. The Morgan fingerprint density at radius 3 is 2.60 bits per heavy atom. The maximum atomic E-state index is 12.3. The number of hydrogen-bond acceptors (Lipinski definition) is 4. The van der Waals surface area contributed by atoms with Gasteiger partial charge in [-0.2, -0.15) is 0 Å². The lowest BCUT2D eigenvalue weighted by Crippen LogP contribution is -2.43. The van der Waals surface area contributed by atoms with Gasteiger partial charge in [0.1, 0.15) is 0 Å². The fourth-order valence-electron chi connectivity index (χ4n) is 2.34. The van der Waals surface area contributed by atoms with Crippen molar-refractivity contribution < 1.29 is 18.8 Å². The molecule has 142 valence electrons. The number of carbonyl (C=O) groups is 2. The molecule has 25 heavy (non-hydrogen) atoms. The van der Waals surface area contributed by atoms with E-state index in [0.717, 1.165) is 22.9 Å². The Morgan fingerprint density at radius 1 is 1.40 bits per heavy atom. The minimum absolute atomic E-state index is 0.0944. The third-order valence-corrected chi connectivity index (χ3v) is 10.0.